The van der Waals surface area contributed by atoms with Crippen LogP contribution in [-0.4, -0.2) is 47.2 Å². The van der Waals surface area contributed by atoms with Crippen LogP contribution < -0.4 is 10.9 Å². The summed E-state index contributed by atoms with van der Waals surface area (Å²) in [5, 5.41) is 3.30. The number of aromatic nitrogens is 2. The third-order valence-corrected chi connectivity index (χ3v) is 4.14. The first-order valence-electron chi connectivity index (χ1n) is 7.56. The van der Waals surface area contributed by atoms with E-state index in [4.69, 9.17) is 4.74 Å². The summed E-state index contributed by atoms with van der Waals surface area (Å²) in [5.41, 5.74) is 2.46. The Morgan fingerprint density at radius 3 is 2.55 bits per heavy atom. The molecule has 1 aromatic carbocycles. The van der Waals surface area contributed by atoms with Crippen LogP contribution in [0.5, 0.6) is 0 Å². The molecule has 22 heavy (non-hydrogen) atoms. The second-order valence-corrected chi connectivity index (χ2v) is 5.50. The van der Waals surface area contributed by atoms with E-state index in [9.17, 15) is 4.79 Å². The normalized spacial score (nSPS) is 15.9. The molecule has 0 unspecified atom stereocenters. The van der Waals surface area contributed by atoms with E-state index in [0.717, 1.165) is 37.7 Å². The maximum atomic E-state index is 12.7. The highest BCUT2D eigenvalue weighted by Gasteiger charge is 2.17. The minimum Gasteiger partial charge on any atom is -0.379 e. The molecule has 3 rings (SSSR count). The molecule has 0 spiro atoms. The Morgan fingerprint density at radius 2 is 1.86 bits per heavy atom. The maximum Gasteiger partial charge on any atom is 0.295 e. The van der Waals surface area contributed by atoms with Gasteiger partial charge in [0, 0.05) is 20.1 Å². The summed E-state index contributed by atoms with van der Waals surface area (Å²) in [6, 6.07) is 9.69. The second-order valence-electron chi connectivity index (χ2n) is 5.50. The lowest BCUT2D eigenvalue weighted by molar-refractivity contribution is 0.0414. The van der Waals surface area contributed by atoms with Crippen molar-refractivity contribution in [1.29, 1.82) is 0 Å². The van der Waals surface area contributed by atoms with Crippen LogP contribution >= 0.6 is 0 Å². The van der Waals surface area contributed by atoms with E-state index in [2.05, 4.69) is 10.2 Å². The van der Waals surface area contributed by atoms with Crippen molar-refractivity contribution in [3.63, 3.8) is 0 Å². The number of anilines is 1. The molecule has 1 aromatic heterocycles. The van der Waals surface area contributed by atoms with E-state index in [-0.39, 0.29) is 5.56 Å². The smallest absolute Gasteiger partial charge is 0.295 e. The van der Waals surface area contributed by atoms with Crippen LogP contribution in [0.25, 0.3) is 5.69 Å². The van der Waals surface area contributed by atoms with Gasteiger partial charge < -0.3 is 10.1 Å². The minimum absolute atomic E-state index is 0.0144. The van der Waals surface area contributed by atoms with Gasteiger partial charge in [-0.1, -0.05) is 18.2 Å². The van der Waals surface area contributed by atoms with Crippen LogP contribution in [0.4, 0.5) is 5.69 Å². The molecule has 6 heteroatoms. The Bertz CT molecular complexity index is 684. The molecule has 0 aliphatic carbocycles. The van der Waals surface area contributed by atoms with Gasteiger partial charge in [0.05, 0.1) is 31.3 Å². The van der Waals surface area contributed by atoms with E-state index in [1.54, 1.807) is 4.68 Å². The Kier molecular flexibility index (Phi) is 4.31. The zero-order valence-corrected chi connectivity index (χ0v) is 13.1. The van der Waals surface area contributed by atoms with E-state index < -0.39 is 0 Å². The summed E-state index contributed by atoms with van der Waals surface area (Å²) in [7, 11) is 1.91. The Morgan fingerprint density at radius 1 is 1.18 bits per heavy atom. The van der Waals surface area contributed by atoms with E-state index in [1.165, 1.54) is 0 Å². The first kappa shape index (κ1) is 14.9. The molecule has 2 aromatic rings. The topological polar surface area (TPSA) is 51.4 Å². The molecule has 0 saturated carbocycles. The van der Waals surface area contributed by atoms with Crippen molar-refractivity contribution in [1.82, 2.24) is 14.3 Å². The van der Waals surface area contributed by atoms with Crippen LogP contribution in [0.3, 0.4) is 0 Å². The SMILES string of the molecule is Cc1c(NCN2CCOCC2)c(=O)n(-c2ccccc2)n1C. The number of nitrogens with one attached hydrogen (secondary N) is 1. The van der Waals surface area contributed by atoms with Crippen molar-refractivity contribution in [2.45, 2.75) is 6.92 Å². The predicted octanol–water partition coefficient (Wildman–Crippen LogP) is 1.19. The summed E-state index contributed by atoms with van der Waals surface area (Å²) in [5.74, 6) is 0. The number of rotatable bonds is 4. The van der Waals surface area contributed by atoms with Crippen LogP contribution in [0.2, 0.25) is 0 Å². The van der Waals surface area contributed by atoms with Crippen LogP contribution in [-0.2, 0) is 11.8 Å². The van der Waals surface area contributed by atoms with Crippen molar-refractivity contribution in [3.8, 4) is 5.69 Å². The highest BCUT2D eigenvalue weighted by molar-refractivity contribution is 5.49. The van der Waals surface area contributed by atoms with E-state index in [1.807, 2.05) is 49.0 Å². The van der Waals surface area contributed by atoms with Crippen LogP contribution in [0, 0.1) is 6.92 Å². The highest BCUT2D eigenvalue weighted by Crippen LogP contribution is 2.14. The third-order valence-electron chi connectivity index (χ3n) is 4.14. The van der Waals surface area contributed by atoms with Crippen LogP contribution in [0.1, 0.15) is 5.69 Å². The largest absolute Gasteiger partial charge is 0.379 e. The molecule has 1 fully saturated rings. The molecular weight excluding hydrogens is 280 g/mol. The number of nitrogens with zero attached hydrogens (tertiary/aromatic N) is 3. The zero-order valence-electron chi connectivity index (χ0n) is 13.1. The van der Waals surface area contributed by atoms with Gasteiger partial charge in [-0.2, -0.15) is 0 Å². The molecule has 118 valence electrons. The van der Waals surface area contributed by atoms with Crippen LogP contribution in [0.15, 0.2) is 35.1 Å². The minimum atomic E-state index is -0.0144. The van der Waals surface area contributed by atoms with Gasteiger partial charge in [0.1, 0.15) is 5.69 Å². The number of ether oxygens (including phenoxy) is 1. The summed E-state index contributed by atoms with van der Waals surface area (Å²) in [6.45, 7) is 5.92. The molecule has 1 aliphatic rings. The van der Waals surface area contributed by atoms with Crippen molar-refractivity contribution in [2.24, 2.45) is 7.05 Å². The number of morpholine rings is 1. The van der Waals surface area contributed by atoms with Gasteiger partial charge in [0.15, 0.2) is 0 Å². The zero-order chi connectivity index (χ0) is 15.5. The number of hydrogen-bond donors (Lipinski definition) is 1. The highest BCUT2D eigenvalue weighted by atomic mass is 16.5. The fourth-order valence-electron chi connectivity index (χ4n) is 2.72. The third kappa shape index (κ3) is 2.80. The lowest BCUT2D eigenvalue weighted by atomic mass is 10.3. The van der Waals surface area contributed by atoms with E-state index >= 15 is 0 Å². The fourth-order valence-corrected chi connectivity index (χ4v) is 2.72. The molecule has 1 N–H and O–H groups in total. The molecule has 0 bridgehead atoms. The molecule has 0 radical (unpaired) electrons. The lowest BCUT2D eigenvalue weighted by Crippen LogP contribution is -2.40. The molecule has 1 saturated heterocycles. The van der Waals surface area contributed by atoms with Gasteiger partial charge in [-0.3, -0.25) is 14.4 Å². The van der Waals surface area contributed by atoms with Crippen molar-refractivity contribution in [3.05, 3.63) is 46.4 Å². The second kappa shape index (κ2) is 6.37. The molecule has 2 heterocycles. The Hall–Kier alpha value is -2.05. The van der Waals surface area contributed by atoms with Gasteiger partial charge in [0.2, 0.25) is 0 Å². The van der Waals surface area contributed by atoms with Crippen molar-refractivity contribution >= 4 is 5.69 Å². The van der Waals surface area contributed by atoms with Crippen molar-refractivity contribution in [2.75, 3.05) is 38.3 Å². The molecule has 0 atom stereocenters. The van der Waals surface area contributed by atoms with Crippen molar-refractivity contribution < 1.29 is 4.74 Å². The molecule has 6 nitrogen and oxygen atoms in total. The Labute approximate surface area is 129 Å². The Balaban J connectivity index is 1.85. The first-order valence-corrected chi connectivity index (χ1v) is 7.56. The first-order chi connectivity index (χ1) is 10.7. The summed E-state index contributed by atoms with van der Waals surface area (Å²) >= 11 is 0. The average Bonchev–Trinajstić information content (AvgIpc) is 2.77. The molecule has 0 amide bonds. The van der Waals surface area contributed by atoms with Gasteiger partial charge >= 0.3 is 0 Å². The summed E-state index contributed by atoms with van der Waals surface area (Å²) in [4.78, 5) is 15.0. The number of benzene rings is 1. The number of hydrogen-bond acceptors (Lipinski definition) is 4. The van der Waals surface area contributed by atoms with Gasteiger partial charge in [-0.15, -0.1) is 0 Å². The van der Waals surface area contributed by atoms with Gasteiger partial charge in [0.25, 0.3) is 5.56 Å². The monoisotopic (exact) mass is 302 g/mol. The van der Waals surface area contributed by atoms with Gasteiger partial charge in [-0.05, 0) is 19.1 Å². The lowest BCUT2D eigenvalue weighted by Gasteiger charge is -2.26. The molecular formula is C16H22N4O2. The summed E-state index contributed by atoms with van der Waals surface area (Å²) in [6.07, 6.45) is 0. The quantitative estimate of drug-likeness (QED) is 0.921. The predicted molar refractivity (Wildman–Crippen MR) is 86.6 cm³/mol. The molecule has 1 aliphatic heterocycles. The maximum absolute atomic E-state index is 12.7. The van der Waals surface area contributed by atoms with Gasteiger partial charge in [-0.25, -0.2) is 4.68 Å². The standard InChI is InChI=1S/C16H22N4O2/c1-13-15(17-12-19-8-10-22-11-9-19)16(21)20(18(13)2)14-6-4-3-5-7-14/h3-7,17H,8-12H2,1-2H3. The fraction of sp³-hybridized carbons (Fsp3) is 0.438. The average molecular weight is 302 g/mol. The number of para-hydroxylation sites is 1. The van der Waals surface area contributed by atoms with E-state index in [0.29, 0.717) is 12.4 Å². The summed E-state index contributed by atoms with van der Waals surface area (Å²) < 4.78 is 8.92.